The summed E-state index contributed by atoms with van der Waals surface area (Å²) in [5.41, 5.74) is -3.54. The van der Waals surface area contributed by atoms with Crippen molar-refractivity contribution in [2.24, 2.45) is 17.8 Å². The van der Waals surface area contributed by atoms with Crippen molar-refractivity contribution in [3.63, 3.8) is 0 Å². The molecule has 1 aliphatic carbocycles. The van der Waals surface area contributed by atoms with Crippen LogP contribution in [0.4, 0.5) is 40.9 Å². The first kappa shape index (κ1) is 33.6. The molecule has 3 rings (SSSR count). The Balaban J connectivity index is 2.11. The first-order chi connectivity index (χ1) is 19.8. The fraction of sp³-hybridized carbons (Fsp3) is 0.462. The zero-order valence-corrected chi connectivity index (χ0v) is 23.7. The lowest BCUT2D eigenvalue weighted by atomic mass is 9.99. The van der Waals surface area contributed by atoms with E-state index in [1.54, 1.807) is 13.8 Å². The number of amides is 1. The summed E-state index contributed by atoms with van der Waals surface area (Å²) in [7, 11) is 0.841. The van der Waals surface area contributed by atoms with E-state index in [1.165, 1.54) is 23.1 Å². The second kappa shape index (κ2) is 11.7. The largest absolute Gasteiger partial charge is 0.455 e. The third-order valence-electron chi connectivity index (χ3n) is 6.53. The zero-order valence-electron chi connectivity index (χ0n) is 23.0. The molecule has 2 N–H and O–H groups in total. The highest BCUT2D eigenvalue weighted by Crippen LogP contribution is 2.56. The van der Waals surface area contributed by atoms with Gasteiger partial charge in [0.1, 0.15) is 5.54 Å². The van der Waals surface area contributed by atoms with E-state index in [0.29, 0.717) is 24.4 Å². The van der Waals surface area contributed by atoms with E-state index in [2.05, 4.69) is 20.9 Å². The van der Waals surface area contributed by atoms with Gasteiger partial charge in [0.15, 0.2) is 17.3 Å². The van der Waals surface area contributed by atoms with E-state index >= 15 is 0 Å². The van der Waals surface area contributed by atoms with E-state index in [4.69, 9.17) is 17.3 Å². The Bertz CT molecular complexity index is 1470. The molecule has 43 heavy (non-hydrogen) atoms. The van der Waals surface area contributed by atoms with Crippen LogP contribution in [-0.2, 0) is 12.7 Å². The van der Waals surface area contributed by atoms with Gasteiger partial charge in [-0.25, -0.2) is 18.5 Å². The van der Waals surface area contributed by atoms with E-state index in [1.807, 2.05) is 0 Å². The Morgan fingerprint density at radius 3 is 2.23 bits per heavy atom. The highest BCUT2D eigenvalue weighted by Gasteiger charge is 2.76. The molecule has 1 aliphatic rings. The number of nitrogens with two attached hydrogens (primary N) is 1. The Labute approximate surface area is 245 Å². The van der Waals surface area contributed by atoms with Gasteiger partial charge in [-0.3, -0.25) is 4.79 Å². The van der Waals surface area contributed by atoms with E-state index in [9.17, 15) is 45.2 Å². The van der Waals surface area contributed by atoms with Gasteiger partial charge < -0.3 is 15.4 Å². The topological polar surface area (TPSA) is 110 Å². The number of ether oxygens (including phenoxy) is 1. The average molecular weight is 641 g/mol. The van der Waals surface area contributed by atoms with Crippen molar-refractivity contribution < 1.29 is 44.7 Å². The number of rotatable bonds is 9. The van der Waals surface area contributed by atoms with Gasteiger partial charge in [0.2, 0.25) is 6.36 Å². The molecule has 0 spiro atoms. The second-order valence-corrected chi connectivity index (χ2v) is 10.3. The van der Waals surface area contributed by atoms with Gasteiger partial charge in [0.25, 0.3) is 5.91 Å². The first-order valence-corrected chi connectivity index (χ1v) is 12.8. The summed E-state index contributed by atoms with van der Waals surface area (Å²) in [6, 6.07) is 5.77. The van der Waals surface area contributed by atoms with Gasteiger partial charge in [-0.05, 0) is 44.4 Å². The molecule has 1 aromatic heterocycles. The predicted octanol–water partition coefficient (Wildman–Crippen LogP) is 6.67. The Morgan fingerprint density at radius 2 is 1.79 bits per heavy atom. The van der Waals surface area contributed by atoms with Gasteiger partial charge >= 0.3 is 18.0 Å². The number of aliphatic imine (C=N–C) groups is 1. The van der Waals surface area contributed by atoms with Crippen LogP contribution in [0.15, 0.2) is 29.4 Å². The Hall–Kier alpha value is -3.87. The van der Waals surface area contributed by atoms with Crippen molar-refractivity contribution in [1.29, 1.82) is 5.26 Å². The van der Waals surface area contributed by atoms with E-state index in [0.717, 1.165) is 19.5 Å². The van der Waals surface area contributed by atoms with Crippen LogP contribution in [0, 0.1) is 11.3 Å². The monoisotopic (exact) mass is 640 g/mol. The lowest BCUT2D eigenvalue weighted by Gasteiger charge is -2.31. The molecule has 17 heteroatoms. The number of nitrogens with zero attached hydrogens (tertiary/aromatic N) is 5. The summed E-state index contributed by atoms with van der Waals surface area (Å²) in [6.45, 7) is 4.07. The maximum Gasteiger partial charge on any atom is 0.437 e. The van der Waals surface area contributed by atoms with Crippen LogP contribution in [0.1, 0.15) is 55.2 Å². The van der Waals surface area contributed by atoms with Crippen LogP contribution in [0.2, 0.25) is 5.02 Å². The van der Waals surface area contributed by atoms with Gasteiger partial charge in [-0.15, -0.1) is 0 Å². The Kier molecular flexibility index (Phi) is 9.12. The number of allylic oxidation sites excluding steroid dienone is 1. The summed E-state index contributed by atoms with van der Waals surface area (Å²) >= 11 is 6.29. The van der Waals surface area contributed by atoms with Gasteiger partial charge in [-0.1, -0.05) is 17.7 Å². The van der Waals surface area contributed by atoms with Crippen molar-refractivity contribution in [2.45, 2.75) is 69.6 Å². The number of aryl methyl sites for hydroxylation is 1. The van der Waals surface area contributed by atoms with Crippen LogP contribution in [0.5, 0.6) is 5.75 Å². The minimum Gasteiger partial charge on any atom is -0.455 e. The summed E-state index contributed by atoms with van der Waals surface area (Å²) in [6.07, 6.45) is -12.9. The lowest BCUT2D eigenvalue weighted by molar-refractivity contribution is -0.350. The van der Waals surface area contributed by atoms with Gasteiger partial charge in [0, 0.05) is 38.0 Å². The number of carbonyl (C=O) groups is 1. The number of hydrogen-bond acceptors (Lipinski definition) is 6. The summed E-state index contributed by atoms with van der Waals surface area (Å²) < 4.78 is 114. The quantitative estimate of drug-likeness (QED) is 0.243. The van der Waals surface area contributed by atoms with Crippen molar-refractivity contribution in [1.82, 2.24) is 14.7 Å². The molecule has 1 saturated carbocycles. The molecule has 1 heterocycles. The molecule has 0 aliphatic heterocycles. The number of nitriles is 1. The summed E-state index contributed by atoms with van der Waals surface area (Å²) in [5, 5.41) is 12.7. The molecule has 1 amide bonds. The number of halogens is 9. The molecule has 0 radical (unpaired) electrons. The maximum absolute atomic E-state index is 14.9. The van der Waals surface area contributed by atoms with Crippen molar-refractivity contribution >= 4 is 35.1 Å². The number of benzene rings is 1. The normalized spacial score (nSPS) is 16.3. The average Bonchev–Trinajstić information content (AvgIpc) is 3.61. The molecule has 1 fully saturated rings. The van der Waals surface area contributed by atoms with E-state index < -0.39 is 53.1 Å². The molecule has 1 unspecified atom stereocenters. The van der Waals surface area contributed by atoms with Crippen LogP contribution in [0.3, 0.4) is 0 Å². The van der Waals surface area contributed by atoms with Crippen LogP contribution in [-0.4, -0.2) is 57.1 Å². The minimum absolute atomic E-state index is 0.0175. The van der Waals surface area contributed by atoms with Crippen LogP contribution >= 0.6 is 11.6 Å². The molecule has 1 aromatic carbocycles. The summed E-state index contributed by atoms with van der Waals surface area (Å²) in [4.78, 5) is 18.6. The summed E-state index contributed by atoms with van der Waals surface area (Å²) in [5.74, 6) is -3.03. The Morgan fingerprint density at radius 1 is 1.21 bits per heavy atom. The van der Waals surface area contributed by atoms with Gasteiger partial charge in [0.05, 0.1) is 16.7 Å². The molecule has 0 bridgehead atoms. The van der Waals surface area contributed by atoms with Crippen molar-refractivity contribution in [3.8, 4) is 11.8 Å². The molecular formula is C26H25ClF8N6O2. The minimum atomic E-state index is -6.55. The second-order valence-electron chi connectivity index (χ2n) is 9.93. The standard InChI is InChI=1S/C26H25ClF8N6O2/c1-13(2)41(23(12-37)7-8-23)22(42)17-9-15(5-6-18(17)27)16(10-36)11-38-21-19(43-14(3)28)20(39-40(21)4)24(29,25(30,31)32)26(33,34)35/h5-6,9-11,13-14H,7-8,36H2,1-4H3. The number of hydrogen-bond donors (Lipinski definition) is 1. The predicted molar refractivity (Wildman–Crippen MR) is 140 cm³/mol. The highest BCUT2D eigenvalue weighted by molar-refractivity contribution is 6.34. The van der Waals surface area contributed by atoms with Crippen LogP contribution < -0.4 is 10.5 Å². The fourth-order valence-corrected chi connectivity index (χ4v) is 4.55. The SMILES string of the molecule is CC(F)Oc1c(C(F)(C(F)(F)F)C(F)(F)F)nn(C)c1N=CC(=CN)c1ccc(Cl)c(C(=O)N(C(C)C)C2(C#N)CC2)c1. The van der Waals surface area contributed by atoms with Gasteiger partial charge in [-0.2, -0.15) is 36.7 Å². The molecule has 8 nitrogen and oxygen atoms in total. The molecule has 1 atom stereocenters. The van der Waals surface area contributed by atoms with Crippen molar-refractivity contribution in [2.75, 3.05) is 0 Å². The fourth-order valence-electron chi connectivity index (χ4n) is 4.35. The molecule has 2 aromatic rings. The third kappa shape index (κ3) is 6.13. The van der Waals surface area contributed by atoms with E-state index in [-0.39, 0.29) is 27.8 Å². The van der Waals surface area contributed by atoms with Crippen molar-refractivity contribution in [3.05, 3.63) is 46.2 Å². The smallest absolute Gasteiger partial charge is 0.437 e. The van der Waals surface area contributed by atoms with Crippen LogP contribution in [0.25, 0.3) is 5.57 Å². The molecule has 0 saturated heterocycles. The molecule has 234 valence electrons. The lowest BCUT2D eigenvalue weighted by Crippen LogP contribution is -2.51. The number of aromatic nitrogens is 2. The molecular weight excluding hydrogens is 616 g/mol. The highest BCUT2D eigenvalue weighted by atomic mass is 35.5. The first-order valence-electron chi connectivity index (χ1n) is 12.5. The third-order valence-corrected chi connectivity index (χ3v) is 6.86. The maximum atomic E-state index is 14.9. The zero-order chi connectivity index (χ0) is 32.7. The number of carbonyl (C=O) groups excluding carboxylic acids is 1. The number of alkyl halides is 8.